The van der Waals surface area contributed by atoms with Crippen molar-refractivity contribution in [3.05, 3.63) is 33.0 Å². The van der Waals surface area contributed by atoms with Gasteiger partial charge in [0.05, 0.1) is 0 Å². The van der Waals surface area contributed by atoms with Crippen LogP contribution in [-0.4, -0.2) is 18.6 Å². The van der Waals surface area contributed by atoms with Gasteiger partial charge >= 0.3 is 6.01 Å². The van der Waals surface area contributed by atoms with Crippen LogP contribution in [-0.2, 0) is 10.0 Å². The van der Waals surface area contributed by atoms with Gasteiger partial charge in [0.1, 0.15) is 4.90 Å². The number of hydrogen-bond acceptors (Lipinski definition) is 5. The van der Waals surface area contributed by atoms with Gasteiger partial charge in [-0.05, 0) is 34.1 Å². The molecule has 0 amide bonds. The van der Waals surface area contributed by atoms with Gasteiger partial charge < -0.3 is 4.42 Å². The first-order chi connectivity index (χ1) is 8.38. The maximum absolute atomic E-state index is 12.1. The SMILES string of the molecule is Cc1nnc(NS(=O)(=O)c2cc(Br)ccc2Br)o1. The van der Waals surface area contributed by atoms with Crippen LogP contribution in [0, 0.1) is 6.92 Å². The van der Waals surface area contributed by atoms with Crippen LogP contribution in [0.2, 0.25) is 0 Å². The van der Waals surface area contributed by atoms with Crippen molar-refractivity contribution in [1.82, 2.24) is 10.2 Å². The van der Waals surface area contributed by atoms with E-state index in [1.807, 2.05) is 0 Å². The quantitative estimate of drug-likeness (QED) is 0.861. The lowest BCUT2D eigenvalue weighted by Crippen LogP contribution is -2.13. The Labute approximate surface area is 120 Å². The summed E-state index contributed by atoms with van der Waals surface area (Å²) in [6.07, 6.45) is 0. The number of halogens is 2. The molecule has 9 heteroatoms. The topological polar surface area (TPSA) is 85.1 Å². The number of anilines is 1. The number of hydrogen-bond donors (Lipinski definition) is 1. The molecular weight excluding hydrogens is 390 g/mol. The number of benzene rings is 1. The molecule has 2 rings (SSSR count). The van der Waals surface area contributed by atoms with Gasteiger partial charge in [-0.3, -0.25) is 0 Å². The van der Waals surface area contributed by atoms with Crippen molar-refractivity contribution in [3.63, 3.8) is 0 Å². The van der Waals surface area contributed by atoms with Crippen molar-refractivity contribution >= 4 is 47.9 Å². The second-order valence-electron chi connectivity index (χ2n) is 3.31. The molecular formula is C9H7Br2N3O3S. The average molecular weight is 397 g/mol. The minimum Gasteiger partial charge on any atom is -0.408 e. The van der Waals surface area contributed by atoms with Gasteiger partial charge in [0, 0.05) is 15.9 Å². The fourth-order valence-corrected chi connectivity index (χ4v) is 3.62. The van der Waals surface area contributed by atoms with Gasteiger partial charge in [-0.1, -0.05) is 21.0 Å². The summed E-state index contributed by atoms with van der Waals surface area (Å²) in [4.78, 5) is 0.0766. The van der Waals surface area contributed by atoms with Gasteiger partial charge in [-0.2, -0.15) is 0 Å². The molecule has 0 fully saturated rings. The molecule has 0 aliphatic carbocycles. The molecule has 2 aromatic rings. The van der Waals surface area contributed by atoms with Crippen LogP contribution in [0.5, 0.6) is 0 Å². The van der Waals surface area contributed by atoms with E-state index >= 15 is 0 Å². The Morgan fingerprint density at radius 3 is 2.61 bits per heavy atom. The van der Waals surface area contributed by atoms with Crippen molar-refractivity contribution in [1.29, 1.82) is 0 Å². The van der Waals surface area contributed by atoms with Gasteiger partial charge in [-0.25, -0.2) is 13.1 Å². The van der Waals surface area contributed by atoms with Crippen LogP contribution >= 0.6 is 31.9 Å². The lowest BCUT2D eigenvalue weighted by atomic mass is 10.4. The highest BCUT2D eigenvalue weighted by Crippen LogP contribution is 2.27. The van der Waals surface area contributed by atoms with Crippen molar-refractivity contribution < 1.29 is 12.8 Å². The number of sulfonamides is 1. The average Bonchev–Trinajstić information content (AvgIpc) is 2.66. The van der Waals surface area contributed by atoms with E-state index in [1.165, 1.54) is 6.07 Å². The second kappa shape index (κ2) is 4.98. The molecule has 0 atom stereocenters. The zero-order valence-corrected chi connectivity index (χ0v) is 13.0. The Bertz CT molecular complexity index is 684. The van der Waals surface area contributed by atoms with Crippen molar-refractivity contribution in [2.75, 3.05) is 4.72 Å². The van der Waals surface area contributed by atoms with Gasteiger partial charge in [0.25, 0.3) is 10.0 Å². The summed E-state index contributed by atoms with van der Waals surface area (Å²) in [6, 6.07) is 4.65. The third kappa shape index (κ3) is 2.90. The van der Waals surface area contributed by atoms with Crippen LogP contribution in [0.3, 0.4) is 0 Å². The maximum atomic E-state index is 12.1. The second-order valence-corrected chi connectivity index (χ2v) is 6.73. The Kier molecular flexibility index (Phi) is 3.74. The Balaban J connectivity index is 2.39. The number of aryl methyl sites for hydroxylation is 1. The Morgan fingerprint density at radius 2 is 2.00 bits per heavy atom. The first-order valence-electron chi connectivity index (χ1n) is 4.66. The predicted octanol–water partition coefficient (Wildman–Crippen LogP) is 2.70. The molecule has 0 spiro atoms. The van der Waals surface area contributed by atoms with E-state index < -0.39 is 10.0 Å². The lowest BCUT2D eigenvalue weighted by molar-refractivity contribution is 0.534. The van der Waals surface area contributed by atoms with Crippen molar-refractivity contribution in [2.24, 2.45) is 0 Å². The summed E-state index contributed by atoms with van der Waals surface area (Å²) in [5.41, 5.74) is 0. The van der Waals surface area contributed by atoms with Crippen LogP contribution in [0.15, 0.2) is 36.5 Å². The zero-order valence-electron chi connectivity index (χ0n) is 9.02. The van der Waals surface area contributed by atoms with Gasteiger partial charge in [0.15, 0.2) is 0 Å². The smallest absolute Gasteiger partial charge is 0.329 e. The van der Waals surface area contributed by atoms with Crippen molar-refractivity contribution in [3.8, 4) is 0 Å². The summed E-state index contributed by atoms with van der Waals surface area (Å²) in [6.45, 7) is 1.57. The summed E-state index contributed by atoms with van der Waals surface area (Å²) in [5.74, 6) is 0.279. The molecule has 0 unspecified atom stereocenters. The van der Waals surface area contributed by atoms with E-state index in [1.54, 1.807) is 19.1 Å². The first-order valence-corrected chi connectivity index (χ1v) is 7.73. The molecule has 18 heavy (non-hydrogen) atoms. The van der Waals surface area contributed by atoms with E-state index in [4.69, 9.17) is 4.42 Å². The van der Waals surface area contributed by atoms with Crippen molar-refractivity contribution in [2.45, 2.75) is 11.8 Å². The molecule has 0 saturated carbocycles. The third-order valence-corrected chi connectivity index (χ3v) is 4.74. The first kappa shape index (κ1) is 13.5. The highest BCUT2D eigenvalue weighted by Gasteiger charge is 2.20. The van der Waals surface area contributed by atoms with E-state index in [9.17, 15) is 8.42 Å². The monoisotopic (exact) mass is 395 g/mol. The summed E-state index contributed by atoms with van der Waals surface area (Å²) in [5, 5.41) is 7.11. The lowest BCUT2D eigenvalue weighted by Gasteiger charge is -2.06. The van der Waals surface area contributed by atoms with Gasteiger partial charge in [0.2, 0.25) is 5.89 Å². The highest BCUT2D eigenvalue weighted by molar-refractivity contribution is 9.11. The number of aromatic nitrogens is 2. The molecule has 1 heterocycles. The minimum absolute atomic E-state index is 0.0766. The van der Waals surface area contributed by atoms with E-state index in [0.717, 1.165) is 0 Å². The normalized spacial score (nSPS) is 11.5. The molecule has 96 valence electrons. The van der Waals surface area contributed by atoms with Crippen LogP contribution < -0.4 is 4.72 Å². The summed E-state index contributed by atoms with van der Waals surface area (Å²) in [7, 11) is -3.78. The molecule has 0 aliphatic heterocycles. The fourth-order valence-electron chi connectivity index (χ4n) is 1.19. The molecule has 0 bridgehead atoms. The van der Waals surface area contributed by atoms with E-state index in [2.05, 4.69) is 46.8 Å². The largest absolute Gasteiger partial charge is 0.408 e. The molecule has 1 aromatic heterocycles. The highest BCUT2D eigenvalue weighted by atomic mass is 79.9. The van der Waals surface area contributed by atoms with Gasteiger partial charge in [-0.15, -0.1) is 5.10 Å². The predicted molar refractivity (Wildman–Crippen MR) is 71.7 cm³/mol. The standard InChI is InChI=1S/C9H7Br2N3O3S/c1-5-12-13-9(17-5)14-18(15,16)8-4-6(10)2-3-7(8)11/h2-4H,1H3,(H,13,14). The third-order valence-electron chi connectivity index (χ3n) is 1.93. The summed E-state index contributed by atoms with van der Waals surface area (Å²) < 4.78 is 32.4. The molecule has 0 saturated heterocycles. The Morgan fingerprint density at radius 1 is 1.28 bits per heavy atom. The molecule has 1 N–H and O–H groups in total. The summed E-state index contributed by atoms with van der Waals surface area (Å²) >= 11 is 6.39. The number of rotatable bonds is 3. The molecule has 0 aliphatic rings. The van der Waals surface area contributed by atoms with E-state index in [-0.39, 0.29) is 16.8 Å². The number of nitrogens with zero attached hydrogens (tertiary/aromatic N) is 2. The zero-order chi connectivity index (χ0) is 13.3. The van der Waals surface area contributed by atoms with Crippen LogP contribution in [0.4, 0.5) is 6.01 Å². The maximum Gasteiger partial charge on any atom is 0.329 e. The van der Waals surface area contributed by atoms with E-state index in [0.29, 0.717) is 8.95 Å². The minimum atomic E-state index is -3.78. The molecule has 1 aromatic carbocycles. The molecule has 0 radical (unpaired) electrons. The van der Waals surface area contributed by atoms with Crippen LogP contribution in [0.1, 0.15) is 5.89 Å². The number of nitrogens with one attached hydrogen (secondary N) is 1. The van der Waals surface area contributed by atoms with Crippen LogP contribution in [0.25, 0.3) is 0 Å². The molecule has 6 nitrogen and oxygen atoms in total. The Hall–Kier alpha value is -0.930. The fraction of sp³-hybridized carbons (Fsp3) is 0.111.